The van der Waals surface area contributed by atoms with Crippen molar-refractivity contribution in [3.63, 3.8) is 0 Å². The van der Waals surface area contributed by atoms with Crippen LogP contribution in [0.4, 0.5) is 0 Å². The number of nitrogens with one attached hydrogen (secondary N) is 1. The summed E-state index contributed by atoms with van der Waals surface area (Å²) in [5, 5.41) is 11.9. The van der Waals surface area contributed by atoms with Crippen molar-refractivity contribution >= 4 is 11.9 Å². The molecule has 0 radical (unpaired) electrons. The van der Waals surface area contributed by atoms with Crippen LogP contribution in [0.25, 0.3) is 0 Å². The Hall–Kier alpha value is -2.69. The molecule has 0 aliphatic rings. The lowest BCUT2D eigenvalue weighted by Gasteiger charge is -2.20. The van der Waals surface area contributed by atoms with Crippen LogP contribution in [0.5, 0.6) is 0 Å². The maximum absolute atomic E-state index is 12.1. The minimum Gasteiger partial charge on any atom is -0.480 e. The molecule has 1 atom stereocenters. The van der Waals surface area contributed by atoms with Gasteiger partial charge in [-0.05, 0) is 28.7 Å². The number of carboxylic acids is 1. The van der Waals surface area contributed by atoms with Crippen molar-refractivity contribution in [1.82, 2.24) is 10.3 Å². The number of carbonyl (C=O) groups is 2. The first-order valence-electron chi connectivity index (χ1n) is 7.80. The Morgan fingerprint density at radius 2 is 1.83 bits per heavy atom. The van der Waals surface area contributed by atoms with E-state index in [1.165, 1.54) is 11.8 Å². The van der Waals surface area contributed by atoms with E-state index in [1.807, 2.05) is 24.3 Å². The highest BCUT2D eigenvalue weighted by molar-refractivity contribution is 5.96. The van der Waals surface area contributed by atoms with Crippen molar-refractivity contribution in [2.45, 2.75) is 38.6 Å². The molecule has 2 rings (SSSR count). The van der Waals surface area contributed by atoms with Crippen LogP contribution in [0.3, 0.4) is 0 Å². The summed E-state index contributed by atoms with van der Waals surface area (Å²) < 4.78 is 0. The molecule has 0 aliphatic heterocycles. The van der Waals surface area contributed by atoms with E-state index in [-0.39, 0.29) is 11.8 Å². The van der Waals surface area contributed by atoms with E-state index in [9.17, 15) is 14.7 Å². The predicted molar refractivity (Wildman–Crippen MR) is 92.0 cm³/mol. The smallest absolute Gasteiger partial charge is 0.326 e. The standard InChI is InChI=1S/C19H22N2O3/c1-19(2,3)15-8-6-13(7-9-15)11-16(18(23)24)21-17(22)14-5-4-10-20-12-14/h4-10,12,16H,11H2,1-3H3,(H,21,22)(H,23,24)/t16-/m0/s1. The number of carboxylic acid groups (broad SMARTS) is 1. The molecule has 1 aromatic heterocycles. The van der Waals surface area contributed by atoms with Gasteiger partial charge < -0.3 is 10.4 Å². The second kappa shape index (κ2) is 7.25. The van der Waals surface area contributed by atoms with Gasteiger partial charge in [0.1, 0.15) is 6.04 Å². The fourth-order valence-corrected chi connectivity index (χ4v) is 2.32. The van der Waals surface area contributed by atoms with Gasteiger partial charge in [-0.1, -0.05) is 45.0 Å². The van der Waals surface area contributed by atoms with Gasteiger partial charge in [-0.3, -0.25) is 9.78 Å². The first-order valence-corrected chi connectivity index (χ1v) is 7.80. The molecular weight excluding hydrogens is 304 g/mol. The number of hydrogen-bond acceptors (Lipinski definition) is 3. The lowest BCUT2D eigenvalue weighted by molar-refractivity contribution is -0.139. The largest absolute Gasteiger partial charge is 0.480 e. The highest BCUT2D eigenvalue weighted by atomic mass is 16.4. The van der Waals surface area contributed by atoms with Crippen LogP contribution in [-0.4, -0.2) is 28.0 Å². The zero-order valence-electron chi connectivity index (χ0n) is 14.1. The number of rotatable bonds is 5. The summed E-state index contributed by atoms with van der Waals surface area (Å²) in [5.74, 6) is -1.51. The van der Waals surface area contributed by atoms with Crippen LogP contribution in [0.2, 0.25) is 0 Å². The van der Waals surface area contributed by atoms with Crippen LogP contribution in [-0.2, 0) is 16.6 Å². The molecule has 0 bridgehead atoms. The van der Waals surface area contributed by atoms with Gasteiger partial charge in [-0.15, -0.1) is 0 Å². The molecule has 1 heterocycles. The van der Waals surface area contributed by atoms with E-state index in [0.717, 1.165) is 5.56 Å². The zero-order chi connectivity index (χ0) is 17.7. The molecule has 2 N–H and O–H groups in total. The average Bonchev–Trinajstić information content (AvgIpc) is 2.54. The Kier molecular flexibility index (Phi) is 5.34. The van der Waals surface area contributed by atoms with E-state index in [0.29, 0.717) is 5.56 Å². The van der Waals surface area contributed by atoms with E-state index in [4.69, 9.17) is 0 Å². The number of carbonyl (C=O) groups excluding carboxylic acids is 1. The SMILES string of the molecule is CC(C)(C)c1ccc(C[C@H](NC(=O)c2cccnc2)C(=O)O)cc1. The molecule has 0 spiro atoms. The summed E-state index contributed by atoms with van der Waals surface area (Å²) in [6, 6.07) is 10.1. The van der Waals surface area contributed by atoms with E-state index >= 15 is 0 Å². The molecular formula is C19H22N2O3. The third kappa shape index (κ3) is 4.65. The van der Waals surface area contributed by atoms with Gasteiger partial charge in [0, 0.05) is 18.8 Å². The first-order chi connectivity index (χ1) is 11.3. The molecule has 24 heavy (non-hydrogen) atoms. The second-order valence-corrected chi connectivity index (χ2v) is 6.76. The molecule has 1 aromatic carbocycles. The summed E-state index contributed by atoms with van der Waals surface area (Å²) in [6.07, 6.45) is 3.19. The number of hydrogen-bond donors (Lipinski definition) is 2. The van der Waals surface area contributed by atoms with Crippen LogP contribution < -0.4 is 5.32 Å². The van der Waals surface area contributed by atoms with Gasteiger partial charge in [0.25, 0.3) is 5.91 Å². The number of pyridine rings is 1. The molecule has 0 fully saturated rings. The molecule has 1 amide bonds. The third-order valence-electron chi connectivity index (χ3n) is 3.79. The first kappa shape index (κ1) is 17.7. The number of aliphatic carboxylic acids is 1. The molecule has 0 saturated carbocycles. The van der Waals surface area contributed by atoms with Crippen molar-refractivity contribution in [3.05, 3.63) is 65.5 Å². The predicted octanol–water partition coefficient (Wildman–Crippen LogP) is 2.80. The average molecular weight is 326 g/mol. The number of aromatic nitrogens is 1. The van der Waals surface area contributed by atoms with Gasteiger partial charge >= 0.3 is 5.97 Å². The lowest BCUT2D eigenvalue weighted by Crippen LogP contribution is -2.42. The molecule has 0 saturated heterocycles. The maximum atomic E-state index is 12.1. The quantitative estimate of drug-likeness (QED) is 0.885. The fourth-order valence-electron chi connectivity index (χ4n) is 2.32. The highest BCUT2D eigenvalue weighted by Gasteiger charge is 2.21. The summed E-state index contributed by atoms with van der Waals surface area (Å²) >= 11 is 0. The molecule has 0 unspecified atom stereocenters. The van der Waals surface area contributed by atoms with Crippen molar-refractivity contribution in [2.75, 3.05) is 0 Å². The van der Waals surface area contributed by atoms with Crippen LogP contribution in [0.15, 0.2) is 48.8 Å². The normalized spacial score (nSPS) is 12.5. The minimum atomic E-state index is -1.06. The van der Waals surface area contributed by atoms with E-state index in [2.05, 4.69) is 31.1 Å². The van der Waals surface area contributed by atoms with Gasteiger partial charge in [0.05, 0.1) is 5.56 Å². The van der Waals surface area contributed by atoms with Crippen molar-refractivity contribution in [3.8, 4) is 0 Å². The van der Waals surface area contributed by atoms with E-state index in [1.54, 1.807) is 18.3 Å². The molecule has 2 aromatic rings. The van der Waals surface area contributed by atoms with E-state index < -0.39 is 17.9 Å². The third-order valence-corrected chi connectivity index (χ3v) is 3.79. The van der Waals surface area contributed by atoms with Crippen LogP contribution in [0, 0.1) is 0 Å². The van der Waals surface area contributed by atoms with Crippen molar-refractivity contribution < 1.29 is 14.7 Å². The number of benzene rings is 1. The van der Waals surface area contributed by atoms with Gasteiger partial charge in [0.2, 0.25) is 0 Å². The highest BCUT2D eigenvalue weighted by Crippen LogP contribution is 2.22. The van der Waals surface area contributed by atoms with Crippen LogP contribution in [0.1, 0.15) is 42.3 Å². The van der Waals surface area contributed by atoms with Gasteiger partial charge in [-0.2, -0.15) is 0 Å². The lowest BCUT2D eigenvalue weighted by atomic mass is 9.86. The Morgan fingerprint density at radius 1 is 1.17 bits per heavy atom. The zero-order valence-corrected chi connectivity index (χ0v) is 14.1. The Bertz CT molecular complexity index is 704. The van der Waals surface area contributed by atoms with Gasteiger partial charge in [-0.25, -0.2) is 4.79 Å². The molecule has 126 valence electrons. The molecule has 0 aliphatic carbocycles. The Balaban J connectivity index is 2.09. The monoisotopic (exact) mass is 326 g/mol. The summed E-state index contributed by atoms with van der Waals surface area (Å²) in [5.41, 5.74) is 2.42. The summed E-state index contributed by atoms with van der Waals surface area (Å²) in [6.45, 7) is 6.36. The molecule has 5 heteroatoms. The van der Waals surface area contributed by atoms with Crippen LogP contribution >= 0.6 is 0 Å². The van der Waals surface area contributed by atoms with Crippen molar-refractivity contribution in [1.29, 1.82) is 0 Å². The maximum Gasteiger partial charge on any atom is 0.326 e. The number of amides is 1. The fraction of sp³-hybridized carbons (Fsp3) is 0.316. The summed E-state index contributed by atoms with van der Waals surface area (Å²) in [4.78, 5) is 27.5. The summed E-state index contributed by atoms with van der Waals surface area (Å²) in [7, 11) is 0. The topological polar surface area (TPSA) is 79.3 Å². The van der Waals surface area contributed by atoms with Gasteiger partial charge in [0.15, 0.2) is 0 Å². The Morgan fingerprint density at radius 3 is 2.33 bits per heavy atom. The Labute approximate surface area is 141 Å². The second-order valence-electron chi connectivity index (χ2n) is 6.76. The minimum absolute atomic E-state index is 0.0409. The number of nitrogens with zero attached hydrogens (tertiary/aromatic N) is 1. The van der Waals surface area contributed by atoms with Crippen molar-refractivity contribution in [2.24, 2.45) is 0 Å². The molecule has 5 nitrogen and oxygen atoms in total.